The smallest absolute Gasteiger partial charge is 0.339 e. The van der Waals surface area contributed by atoms with Crippen molar-refractivity contribution in [2.75, 3.05) is 12.4 Å². The van der Waals surface area contributed by atoms with Crippen LogP contribution in [0.15, 0.2) is 30.3 Å². The van der Waals surface area contributed by atoms with E-state index in [0.29, 0.717) is 11.3 Å². The molecule has 21 heavy (non-hydrogen) atoms. The highest BCUT2D eigenvalue weighted by atomic mass is 32.1. The van der Waals surface area contributed by atoms with Crippen LogP contribution in [-0.2, 0) is 11.2 Å². The Morgan fingerprint density at radius 2 is 2.14 bits per heavy atom. The predicted molar refractivity (Wildman–Crippen MR) is 83.5 cm³/mol. The normalized spacial score (nSPS) is 12.0. The third-order valence-electron chi connectivity index (χ3n) is 3.22. The van der Waals surface area contributed by atoms with Crippen molar-refractivity contribution in [2.24, 2.45) is 0 Å². The maximum Gasteiger partial charge on any atom is 0.339 e. The molecule has 2 rings (SSSR count). The van der Waals surface area contributed by atoms with Crippen molar-refractivity contribution in [2.45, 2.75) is 26.3 Å². The fraction of sp³-hybridized carbons (Fsp3) is 0.312. The summed E-state index contributed by atoms with van der Waals surface area (Å²) in [6.07, 6.45) is 0.991. The van der Waals surface area contributed by atoms with Crippen LogP contribution in [-0.4, -0.2) is 13.1 Å². The third-order valence-corrected chi connectivity index (χ3v) is 4.63. The fourth-order valence-electron chi connectivity index (χ4n) is 2.05. The Morgan fingerprint density at radius 1 is 1.38 bits per heavy atom. The number of ether oxygens (including phenoxy) is 1. The lowest BCUT2D eigenvalue weighted by molar-refractivity contribution is 0.0601. The van der Waals surface area contributed by atoms with Gasteiger partial charge < -0.3 is 10.1 Å². The van der Waals surface area contributed by atoms with Gasteiger partial charge >= 0.3 is 5.97 Å². The van der Waals surface area contributed by atoms with Crippen molar-refractivity contribution in [1.82, 2.24) is 0 Å². The van der Waals surface area contributed by atoms with Crippen molar-refractivity contribution in [3.63, 3.8) is 0 Å². The second-order valence-corrected chi connectivity index (χ2v) is 5.91. The van der Waals surface area contributed by atoms with Crippen molar-refractivity contribution in [1.29, 1.82) is 0 Å². The molecule has 2 aromatic rings. The molecule has 112 valence electrons. The quantitative estimate of drug-likeness (QED) is 0.832. The molecule has 0 aliphatic carbocycles. The molecule has 0 spiro atoms. The summed E-state index contributed by atoms with van der Waals surface area (Å²) in [5.41, 5.74) is 0.777. The van der Waals surface area contributed by atoms with Gasteiger partial charge in [0.05, 0.1) is 24.4 Å². The predicted octanol–water partition coefficient (Wildman–Crippen LogP) is 4.41. The molecule has 1 unspecified atom stereocenters. The number of rotatable bonds is 5. The highest BCUT2D eigenvalue weighted by Crippen LogP contribution is 2.28. The van der Waals surface area contributed by atoms with E-state index < -0.39 is 11.8 Å². The third kappa shape index (κ3) is 3.61. The van der Waals surface area contributed by atoms with Crippen LogP contribution in [0.5, 0.6) is 0 Å². The summed E-state index contributed by atoms with van der Waals surface area (Å²) < 4.78 is 18.2. The van der Waals surface area contributed by atoms with Gasteiger partial charge in [0.1, 0.15) is 5.82 Å². The molecule has 0 bridgehead atoms. The molecular weight excluding hydrogens is 289 g/mol. The molecule has 0 saturated heterocycles. The van der Waals surface area contributed by atoms with E-state index in [1.54, 1.807) is 11.3 Å². The Balaban J connectivity index is 2.25. The van der Waals surface area contributed by atoms with Crippen LogP contribution in [0.1, 0.15) is 40.0 Å². The molecule has 0 fully saturated rings. The largest absolute Gasteiger partial charge is 0.465 e. The van der Waals surface area contributed by atoms with Crippen LogP contribution >= 0.6 is 11.3 Å². The summed E-state index contributed by atoms with van der Waals surface area (Å²) in [7, 11) is 1.31. The Hall–Kier alpha value is -1.88. The monoisotopic (exact) mass is 307 g/mol. The van der Waals surface area contributed by atoms with Crippen molar-refractivity contribution < 1.29 is 13.9 Å². The van der Waals surface area contributed by atoms with Gasteiger partial charge in [0, 0.05) is 9.75 Å². The van der Waals surface area contributed by atoms with Crippen LogP contribution in [0.4, 0.5) is 10.1 Å². The Labute approximate surface area is 127 Å². The first kappa shape index (κ1) is 15.5. The number of aryl methyl sites for hydroxylation is 1. The minimum atomic E-state index is -0.481. The Bertz CT molecular complexity index is 639. The van der Waals surface area contributed by atoms with Crippen LogP contribution in [0, 0.1) is 5.82 Å². The molecule has 1 aromatic carbocycles. The number of thiophene rings is 1. The van der Waals surface area contributed by atoms with Gasteiger partial charge in [-0.2, -0.15) is 0 Å². The van der Waals surface area contributed by atoms with Crippen molar-refractivity contribution in [3.05, 3.63) is 51.5 Å². The highest BCUT2D eigenvalue weighted by molar-refractivity contribution is 7.12. The van der Waals surface area contributed by atoms with E-state index in [-0.39, 0.29) is 6.04 Å². The van der Waals surface area contributed by atoms with Gasteiger partial charge in [-0.3, -0.25) is 0 Å². The number of anilines is 1. The first-order chi connectivity index (χ1) is 10.0. The van der Waals surface area contributed by atoms with Crippen LogP contribution < -0.4 is 5.32 Å². The number of nitrogens with one attached hydrogen (secondary N) is 1. The molecule has 0 saturated carbocycles. The molecule has 0 aliphatic heterocycles. The summed E-state index contributed by atoms with van der Waals surface area (Å²) >= 11 is 1.71. The van der Waals surface area contributed by atoms with Gasteiger partial charge in [0.25, 0.3) is 0 Å². The Kier molecular flexibility index (Phi) is 4.96. The lowest BCUT2D eigenvalue weighted by atomic mass is 10.1. The average Bonchev–Trinajstić information content (AvgIpc) is 2.95. The molecule has 1 aromatic heterocycles. The number of methoxy groups -OCH3 is 1. The summed E-state index contributed by atoms with van der Waals surface area (Å²) in [6, 6.07) is 8.13. The zero-order chi connectivity index (χ0) is 15.4. The van der Waals surface area contributed by atoms with Crippen molar-refractivity contribution >= 4 is 23.0 Å². The van der Waals surface area contributed by atoms with E-state index in [9.17, 15) is 9.18 Å². The number of halogens is 1. The van der Waals surface area contributed by atoms with E-state index in [4.69, 9.17) is 4.74 Å². The van der Waals surface area contributed by atoms with E-state index in [1.807, 2.05) is 6.92 Å². The maximum atomic E-state index is 13.4. The zero-order valence-electron chi connectivity index (χ0n) is 12.3. The zero-order valence-corrected chi connectivity index (χ0v) is 13.1. The highest BCUT2D eigenvalue weighted by Gasteiger charge is 2.16. The summed E-state index contributed by atoms with van der Waals surface area (Å²) in [5, 5.41) is 3.19. The maximum absolute atomic E-state index is 13.4. The molecule has 1 N–H and O–H groups in total. The molecule has 5 heteroatoms. The van der Waals surface area contributed by atoms with Gasteiger partial charge in [-0.15, -0.1) is 11.3 Å². The lowest BCUT2D eigenvalue weighted by Crippen LogP contribution is -2.11. The second-order valence-electron chi connectivity index (χ2n) is 4.71. The number of hydrogen-bond donors (Lipinski definition) is 1. The van der Waals surface area contributed by atoms with Gasteiger partial charge in [-0.05, 0) is 43.7 Å². The van der Waals surface area contributed by atoms with E-state index >= 15 is 0 Å². The molecule has 1 atom stereocenters. The molecule has 1 heterocycles. The summed E-state index contributed by atoms with van der Waals surface area (Å²) in [6.45, 7) is 4.09. The van der Waals surface area contributed by atoms with Gasteiger partial charge in [-0.25, -0.2) is 9.18 Å². The fourth-order valence-corrected chi connectivity index (χ4v) is 3.00. The summed E-state index contributed by atoms with van der Waals surface area (Å²) in [5.74, 6) is -0.872. The van der Waals surface area contributed by atoms with E-state index in [0.717, 1.165) is 11.3 Å². The van der Waals surface area contributed by atoms with Crippen LogP contribution in [0.3, 0.4) is 0 Å². The SMILES string of the molecule is CCc1ccc(C(C)Nc2cc(F)ccc2C(=O)OC)s1. The number of carbonyl (C=O) groups excluding carboxylic acids is 1. The summed E-state index contributed by atoms with van der Waals surface area (Å²) in [4.78, 5) is 14.2. The Morgan fingerprint density at radius 3 is 2.76 bits per heavy atom. The first-order valence-electron chi connectivity index (χ1n) is 6.78. The number of carbonyl (C=O) groups is 1. The second kappa shape index (κ2) is 6.72. The number of hydrogen-bond acceptors (Lipinski definition) is 4. The molecule has 0 amide bonds. The molecule has 0 radical (unpaired) electrons. The molecule has 0 aliphatic rings. The van der Waals surface area contributed by atoms with Crippen LogP contribution in [0.2, 0.25) is 0 Å². The van der Waals surface area contributed by atoms with Gasteiger partial charge in [-0.1, -0.05) is 6.92 Å². The topological polar surface area (TPSA) is 38.3 Å². The molecule has 3 nitrogen and oxygen atoms in total. The van der Waals surface area contributed by atoms with Crippen LogP contribution in [0.25, 0.3) is 0 Å². The average molecular weight is 307 g/mol. The molecular formula is C16H18FNO2S. The van der Waals surface area contributed by atoms with Gasteiger partial charge in [0.2, 0.25) is 0 Å². The minimum absolute atomic E-state index is 0.0134. The minimum Gasteiger partial charge on any atom is -0.465 e. The van der Waals surface area contributed by atoms with Crippen molar-refractivity contribution in [3.8, 4) is 0 Å². The first-order valence-corrected chi connectivity index (χ1v) is 7.59. The number of benzene rings is 1. The lowest BCUT2D eigenvalue weighted by Gasteiger charge is -2.16. The van der Waals surface area contributed by atoms with E-state index in [1.165, 1.54) is 30.2 Å². The number of esters is 1. The van der Waals surface area contributed by atoms with E-state index in [2.05, 4.69) is 24.4 Å². The van der Waals surface area contributed by atoms with Gasteiger partial charge in [0.15, 0.2) is 0 Å². The standard InChI is InChI=1S/C16H18FNO2S/c1-4-12-6-8-15(21-12)10(2)18-14-9-11(17)5-7-13(14)16(19)20-3/h5-10,18H,4H2,1-3H3.